The summed E-state index contributed by atoms with van der Waals surface area (Å²) in [6.45, 7) is 8.84. The number of carbonyl (C=O) groups is 1. The van der Waals surface area contributed by atoms with Crippen molar-refractivity contribution in [2.24, 2.45) is 0 Å². The van der Waals surface area contributed by atoms with Crippen molar-refractivity contribution in [2.75, 3.05) is 36.5 Å². The highest BCUT2D eigenvalue weighted by atomic mass is 35.5. The molecule has 144 valence electrons. The average Bonchev–Trinajstić information content (AvgIpc) is 2.67. The van der Waals surface area contributed by atoms with Crippen LogP contribution in [0.15, 0.2) is 36.4 Å². The van der Waals surface area contributed by atoms with Crippen LogP contribution in [0.2, 0.25) is 5.02 Å². The number of benzene rings is 2. The molecule has 1 atom stereocenters. The lowest BCUT2D eigenvalue weighted by atomic mass is 10.1. The van der Waals surface area contributed by atoms with E-state index >= 15 is 0 Å². The molecule has 1 aliphatic rings. The number of morpholine rings is 1. The number of aryl methyl sites for hydroxylation is 2. The highest BCUT2D eigenvalue weighted by molar-refractivity contribution is 6.32. The summed E-state index contributed by atoms with van der Waals surface area (Å²) < 4.78 is 11.2. The van der Waals surface area contributed by atoms with Crippen molar-refractivity contribution in [2.45, 2.75) is 26.9 Å². The lowest BCUT2D eigenvalue weighted by molar-refractivity contribution is -0.122. The molecule has 0 saturated carbocycles. The summed E-state index contributed by atoms with van der Waals surface area (Å²) in [5.74, 6) is 0.444. The molecule has 1 heterocycles. The van der Waals surface area contributed by atoms with Gasteiger partial charge in [0.05, 0.1) is 13.2 Å². The monoisotopic (exact) mass is 388 g/mol. The maximum Gasteiger partial charge on any atom is 0.265 e. The minimum absolute atomic E-state index is 0.195. The molecule has 5 nitrogen and oxygen atoms in total. The third kappa shape index (κ3) is 4.93. The summed E-state index contributed by atoms with van der Waals surface area (Å²) in [5, 5.41) is 3.62. The molecular weight excluding hydrogens is 364 g/mol. The van der Waals surface area contributed by atoms with E-state index in [1.807, 2.05) is 50.2 Å². The second kappa shape index (κ2) is 8.63. The Morgan fingerprint density at radius 2 is 1.74 bits per heavy atom. The number of nitrogens with zero attached hydrogens (tertiary/aromatic N) is 1. The number of amides is 1. The van der Waals surface area contributed by atoms with Crippen molar-refractivity contribution in [1.29, 1.82) is 0 Å². The molecule has 0 radical (unpaired) electrons. The molecule has 0 bridgehead atoms. The lowest BCUT2D eigenvalue weighted by Gasteiger charge is -2.29. The second-order valence-corrected chi connectivity index (χ2v) is 7.14. The molecule has 6 heteroatoms. The number of carbonyl (C=O) groups excluding carboxylic acids is 1. The fourth-order valence-electron chi connectivity index (χ4n) is 3.05. The van der Waals surface area contributed by atoms with E-state index in [4.69, 9.17) is 21.1 Å². The van der Waals surface area contributed by atoms with Gasteiger partial charge in [-0.15, -0.1) is 0 Å². The fraction of sp³-hybridized carbons (Fsp3) is 0.381. The zero-order valence-electron chi connectivity index (χ0n) is 15.9. The highest BCUT2D eigenvalue weighted by Crippen LogP contribution is 2.26. The van der Waals surface area contributed by atoms with Gasteiger partial charge in [-0.1, -0.05) is 11.6 Å². The van der Waals surface area contributed by atoms with Gasteiger partial charge in [0.25, 0.3) is 5.91 Å². The summed E-state index contributed by atoms with van der Waals surface area (Å²) in [7, 11) is 0. The molecular formula is C21H25ClN2O3. The van der Waals surface area contributed by atoms with E-state index in [1.54, 1.807) is 6.92 Å². The van der Waals surface area contributed by atoms with Crippen molar-refractivity contribution < 1.29 is 14.3 Å². The number of hydrogen-bond donors (Lipinski definition) is 1. The third-order valence-corrected chi connectivity index (χ3v) is 5.20. The van der Waals surface area contributed by atoms with Gasteiger partial charge >= 0.3 is 0 Å². The van der Waals surface area contributed by atoms with Gasteiger partial charge in [0.1, 0.15) is 5.75 Å². The summed E-state index contributed by atoms with van der Waals surface area (Å²) in [6, 6.07) is 11.5. The van der Waals surface area contributed by atoms with Crippen molar-refractivity contribution in [3.8, 4) is 5.75 Å². The first-order chi connectivity index (χ1) is 12.9. The molecule has 3 rings (SSSR count). The quantitative estimate of drug-likeness (QED) is 0.834. The van der Waals surface area contributed by atoms with E-state index in [-0.39, 0.29) is 5.91 Å². The molecule has 1 fully saturated rings. The topological polar surface area (TPSA) is 50.8 Å². The van der Waals surface area contributed by atoms with Gasteiger partial charge in [0.2, 0.25) is 0 Å². The predicted molar refractivity (Wildman–Crippen MR) is 109 cm³/mol. The zero-order valence-corrected chi connectivity index (χ0v) is 16.7. The first-order valence-corrected chi connectivity index (χ1v) is 9.49. The molecule has 1 saturated heterocycles. The number of anilines is 2. The Morgan fingerprint density at radius 3 is 2.33 bits per heavy atom. The van der Waals surface area contributed by atoms with Crippen molar-refractivity contribution in [3.05, 3.63) is 52.5 Å². The van der Waals surface area contributed by atoms with Crippen LogP contribution >= 0.6 is 11.6 Å². The Kier molecular flexibility index (Phi) is 6.24. The van der Waals surface area contributed by atoms with Crippen molar-refractivity contribution >= 4 is 28.9 Å². The first-order valence-electron chi connectivity index (χ1n) is 9.11. The maximum atomic E-state index is 12.5. The Bertz CT molecular complexity index is 779. The smallest absolute Gasteiger partial charge is 0.265 e. The zero-order chi connectivity index (χ0) is 19.4. The molecule has 0 spiro atoms. The van der Waals surface area contributed by atoms with E-state index in [2.05, 4.69) is 10.2 Å². The van der Waals surface area contributed by atoms with Crippen LogP contribution in [-0.4, -0.2) is 38.3 Å². The summed E-state index contributed by atoms with van der Waals surface area (Å²) >= 11 is 6.18. The minimum Gasteiger partial charge on any atom is -0.481 e. The third-order valence-electron chi connectivity index (χ3n) is 4.60. The van der Waals surface area contributed by atoms with Crippen LogP contribution in [0.3, 0.4) is 0 Å². The van der Waals surface area contributed by atoms with Crippen LogP contribution in [0.1, 0.15) is 18.1 Å². The molecule has 2 aromatic carbocycles. The van der Waals surface area contributed by atoms with Gasteiger partial charge in [-0.05, 0) is 68.3 Å². The van der Waals surface area contributed by atoms with Crippen LogP contribution in [-0.2, 0) is 9.53 Å². The molecule has 1 unspecified atom stereocenters. The largest absolute Gasteiger partial charge is 0.481 e. The number of halogens is 1. The standard InChI is InChI=1S/C21H25ClN2O3/c1-14-12-19(13-15(2)20(14)22)27-16(3)21(25)23-17-4-6-18(7-5-17)24-8-10-26-11-9-24/h4-7,12-13,16H,8-11H2,1-3H3,(H,23,25). The molecule has 2 aromatic rings. The highest BCUT2D eigenvalue weighted by Gasteiger charge is 2.16. The van der Waals surface area contributed by atoms with Crippen LogP contribution in [0.25, 0.3) is 0 Å². The van der Waals surface area contributed by atoms with E-state index in [1.165, 1.54) is 0 Å². The SMILES string of the molecule is Cc1cc(OC(C)C(=O)Nc2ccc(N3CCOCC3)cc2)cc(C)c1Cl. The molecule has 1 N–H and O–H groups in total. The number of nitrogens with one attached hydrogen (secondary N) is 1. The average molecular weight is 389 g/mol. The normalized spacial score (nSPS) is 15.3. The maximum absolute atomic E-state index is 12.5. The minimum atomic E-state index is -0.621. The van der Waals surface area contributed by atoms with Crippen LogP contribution in [0.5, 0.6) is 5.75 Å². The molecule has 27 heavy (non-hydrogen) atoms. The van der Waals surface area contributed by atoms with Crippen LogP contribution < -0.4 is 15.0 Å². The first kappa shape index (κ1) is 19.5. The molecule has 1 amide bonds. The predicted octanol–water partition coefficient (Wildman–Crippen LogP) is 4.20. The van der Waals surface area contributed by atoms with E-state index < -0.39 is 6.10 Å². The van der Waals surface area contributed by atoms with E-state index in [0.29, 0.717) is 5.75 Å². The van der Waals surface area contributed by atoms with E-state index in [0.717, 1.165) is 53.8 Å². The van der Waals surface area contributed by atoms with Crippen molar-refractivity contribution in [3.63, 3.8) is 0 Å². The fourth-order valence-corrected chi connectivity index (χ4v) is 3.16. The number of hydrogen-bond acceptors (Lipinski definition) is 4. The van der Waals surface area contributed by atoms with Gasteiger partial charge in [-0.3, -0.25) is 4.79 Å². The second-order valence-electron chi connectivity index (χ2n) is 6.77. The summed E-state index contributed by atoms with van der Waals surface area (Å²) in [5.41, 5.74) is 3.74. The molecule has 1 aliphatic heterocycles. The Labute approximate surface area is 165 Å². The van der Waals surface area contributed by atoms with E-state index in [9.17, 15) is 4.79 Å². The Hall–Kier alpha value is -2.24. The van der Waals surface area contributed by atoms with Gasteiger partial charge in [0.15, 0.2) is 6.10 Å². The van der Waals surface area contributed by atoms with Crippen LogP contribution in [0.4, 0.5) is 11.4 Å². The van der Waals surface area contributed by atoms with Gasteiger partial charge in [-0.2, -0.15) is 0 Å². The van der Waals surface area contributed by atoms with Gasteiger partial charge in [-0.25, -0.2) is 0 Å². The Morgan fingerprint density at radius 1 is 1.15 bits per heavy atom. The summed E-state index contributed by atoms with van der Waals surface area (Å²) in [4.78, 5) is 14.7. The lowest BCUT2D eigenvalue weighted by Crippen LogP contribution is -2.36. The summed E-state index contributed by atoms with van der Waals surface area (Å²) in [6.07, 6.45) is -0.621. The molecule has 0 aromatic heterocycles. The van der Waals surface area contributed by atoms with Gasteiger partial charge < -0.3 is 19.7 Å². The van der Waals surface area contributed by atoms with Crippen molar-refractivity contribution in [1.82, 2.24) is 0 Å². The van der Waals surface area contributed by atoms with Crippen LogP contribution in [0, 0.1) is 13.8 Å². The molecule has 0 aliphatic carbocycles. The van der Waals surface area contributed by atoms with Gasteiger partial charge in [0, 0.05) is 29.5 Å². The number of rotatable bonds is 5. The Balaban J connectivity index is 1.59. The number of ether oxygens (including phenoxy) is 2.